The fraction of sp³-hybridized carbons (Fsp3) is 0.438. The van der Waals surface area contributed by atoms with E-state index in [0.29, 0.717) is 54.2 Å². The van der Waals surface area contributed by atoms with Gasteiger partial charge in [0, 0.05) is 36.7 Å². The number of rotatable bonds is 10. The summed E-state index contributed by atoms with van der Waals surface area (Å²) >= 11 is 6.02. The van der Waals surface area contributed by atoms with Gasteiger partial charge in [-0.25, -0.2) is 4.39 Å². The maximum atomic E-state index is 12.5. The van der Waals surface area contributed by atoms with Crippen molar-refractivity contribution in [3.8, 4) is 5.75 Å². The lowest BCUT2D eigenvalue weighted by Crippen LogP contribution is -2.10. The number of benzene rings is 1. The highest BCUT2D eigenvalue weighted by Crippen LogP contribution is 2.24. The van der Waals surface area contributed by atoms with E-state index in [2.05, 4.69) is 10.3 Å². The monoisotopic (exact) mass is 357 g/mol. The van der Waals surface area contributed by atoms with Gasteiger partial charge in [-0.15, -0.1) is 11.6 Å². The molecular formula is C16H21ClFN3O3. The molecule has 4 N–H and O–H groups in total. The Hall–Kier alpha value is -1.83. The first kappa shape index (κ1) is 18.5. The molecule has 2 aromatic rings. The molecule has 0 saturated carbocycles. The molecule has 1 aromatic heterocycles. The number of aromatic nitrogens is 1. The van der Waals surface area contributed by atoms with Crippen LogP contribution in [0.4, 0.5) is 10.4 Å². The van der Waals surface area contributed by atoms with Gasteiger partial charge in [-0.1, -0.05) is 0 Å². The van der Waals surface area contributed by atoms with Crippen molar-refractivity contribution in [3.63, 3.8) is 0 Å². The highest BCUT2D eigenvalue weighted by Gasteiger charge is 2.09. The van der Waals surface area contributed by atoms with Crippen molar-refractivity contribution in [1.29, 1.82) is 0 Å². The van der Waals surface area contributed by atoms with Gasteiger partial charge in [0.2, 0.25) is 0 Å². The van der Waals surface area contributed by atoms with Crippen LogP contribution < -0.4 is 15.8 Å². The van der Waals surface area contributed by atoms with Crippen molar-refractivity contribution in [2.75, 3.05) is 31.6 Å². The van der Waals surface area contributed by atoms with Crippen LogP contribution in [0.25, 0.3) is 11.1 Å². The predicted molar refractivity (Wildman–Crippen MR) is 92.2 cm³/mol. The zero-order valence-electron chi connectivity index (χ0n) is 13.2. The molecule has 24 heavy (non-hydrogen) atoms. The number of oxazole rings is 1. The smallest absolute Gasteiger partial charge is 0.295 e. The summed E-state index contributed by atoms with van der Waals surface area (Å²) in [5.74, 6) is 0.543. The van der Waals surface area contributed by atoms with Gasteiger partial charge >= 0.3 is 0 Å². The highest BCUT2D eigenvalue weighted by atomic mass is 35.5. The molecule has 6 nitrogen and oxygen atoms in total. The summed E-state index contributed by atoms with van der Waals surface area (Å²) in [6.45, 7) is 0.849. The molecule has 132 valence electrons. The Morgan fingerprint density at radius 2 is 2.33 bits per heavy atom. The van der Waals surface area contributed by atoms with Crippen molar-refractivity contribution in [2.24, 2.45) is 5.73 Å². The van der Waals surface area contributed by atoms with Crippen LogP contribution in [0.1, 0.15) is 12.8 Å². The minimum Gasteiger partial charge on any atom is -0.489 e. The van der Waals surface area contributed by atoms with Crippen LogP contribution in [-0.2, 0) is 0 Å². The third-order valence-electron chi connectivity index (χ3n) is 3.38. The summed E-state index contributed by atoms with van der Waals surface area (Å²) in [4.78, 5) is 4.31. The molecule has 8 heteroatoms. The van der Waals surface area contributed by atoms with Crippen molar-refractivity contribution in [1.82, 2.24) is 4.98 Å². The number of ether oxygens (including phenoxy) is 1. The van der Waals surface area contributed by atoms with E-state index < -0.39 is 0 Å². The Bertz CT molecular complexity index is 678. The first-order chi connectivity index (χ1) is 11.7. The van der Waals surface area contributed by atoms with E-state index >= 15 is 0 Å². The normalized spacial score (nSPS) is 13.2. The predicted octanol–water partition coefficient (Wildman–Crippen LogP) is 2.81. The topological polar surface area (TPSA) is 93.5 Å². The van der Waals surface area contributed by atoms with Crippen LogP contribution in [0.5, 0.6) is 5.75 Å². The van der Waals surface area contributed by atoms with E-state index in [9.17, 15) is 4.39 Å². The number of hydrogen-bond acceptors (Lipinski definition) is 6. The van der Waals surface area contributed by atoms with Crippen LogP contribution >= 0.6 is 11.6 Å². The summed E-state index contributed by atoms with van der Waals surface area (Å²) in [5.41, 5.74) is 6.99. The van der Waals surface area contributed by atoms with E-state index in [0.717, 1.165) is 0 Å². The lowest BCUT2D eigenvalue weighted by Gasteiger charge is -2.06. The quantitative estimate of drug-likeness (QED) is 0.566. The fourth-order valence-corrected chi connectivity index (χ4v) is 2.21. The van der Waals surface area contributed by atoms with Gasteiger partial charge in [0.1, 0.15) is 17.9 Å². The molecule has 0 aliphatic rings. The van der Waals surface area contributed by atoms with Crippen LogP contribution in [0, 0.1) is 0 Å². The number of halogens is 2. The number of aliphatic hydroxyl groups excluding tert-OH is 1. The summed E-state index contributed by atoms with van der Waals surface area (Å²) < 4.78 is 23.5. The van der Waals surface area contributed by atoms with Gasteiger partial charge in [0.05, 0.1) is 6.33 Å². The van der Waals surface area contributed by atoms with Gasteiger partial charge in [0.25, 0.3) is 6.01 Å². The van der Waals surface area contributed by atoms with Crippen LogP contribution in [0.2, 0.25) is 0 Å². The number of alkyl halides is 1. The molecule has 0 aliphatic carbocycles. The first-order valence-electron chi connectivity index (χ1n) is 7.66. The Morgan fingerprint density at radius 1 is 1.50 bits per heavy atom. The number of nitrogens with one attached hydrogen (secondary N) is 1. The van der Waals surface area contributed by atoms with Crippen molar-refractivity contribution >= 4 is 28.7 Å². The van der Waals surface area contributed by atoms with Crippen LogP contribution in [0.15, 0.2) is 34.5 Å². The average Bonchev–Trinajstić information content (AvgIpc) is 2.98. The molecule has 0 radical (unpaired) electrons. The van der Waals surface area contributed by atoms with E-state index in [1.807, 2.05) is 0 Å². The highest BCUT2D eigenvalue weighted by molar-refractivity contribution is 6.20. The molecule has 0 fully saturated rings. The van der Waals surface area contributed by atoms with Crippen molar-refractivity contribution in [2.45, 2.75) is 18.2 Å². The van der Waals surface area contributed by atoms with Gasteiger partial charge in [-0.3, -0.25) is 0 Å². The minimum absolute atomic E-state index is 0.0727. The van der Waals surface area contributed by atoms with Crippen LogP contribution in [0.3, 0.4) is 0 Å². The molecule has 1 unspecified atom stereocenters. The Kier molecular flexibility index (Phi) is 7.30. The summed E-state index contributed by atoms with van der Waals surface area (Å²) in [5, 5.41) is 11.8. The molecule has 0 aliphatic heterocycles. The van der Waals surface area contributed by atoms with E-state index in [-0.39, 0.29) is 25.1 Å². The minimum atomic E-state index is -0.0906. The summed E-state index contributed by atoms with van der Waals surface area (Å²) in [7, 11) is 0. The number of fused-ring (bicyclic) bond motifs is 1. The third-order valence-corrected chi connectivity index (χ3v) is 3.81. The van der Waals surface area contributed by atoms with E-state index in [1.165, 1.54) is 0 Å². The number of hydrogen-bond donors (Lipinski definition) is 3. The second-order valence-corrected chi connectivity index (χ2v) is 5.85. The standard InChI is InChI=1S/C16H21ClFN3O3/c17-12(4-6-22)3-5-20-16-21-14-2-1-13(7-15(14)24-16)23-10-11(8-18)9-19/h1-2,7-8,12,22H,3-6,9-10,19H2,(H,20,21). The maximum absolute atomic E-state index is 12.5. The summed E-state index contributed by atoms with van der Waals surface area (Å²) in [6.07, 6.45) is 1.69. The number of nitrogens with two attached hydrogens (primary N) is 1. The Balaban J connectivity index is 1.93. The van der Waals surface area contributed by atoms with Crippen molar-refractivity contribution in [3.05, 3.63) is 30.1 Å². The average molecular weight is 358 g/mol. The molecule has 0 spiro atoms. The fourth-order valence-electron chi connectivity index (χ4n) is 2.00. The van der Waals surface area contributed by atoms with Gasteiger partial charge < -0.3 is 25.3 Å². The molecule has 0 saturated heterocycles. The molecule has 1 heterocycles. The lowest BCUT2D eigenvalue weighted by atomic mass is 10.2. The third kappa shape index (κ3) is 5.36. The first-order valence-corrected chi connectivity index (χ1v) is 8.10. The van der Waals surface area contributed by atoms with E-state index in [1.54, 1.807) is 18.2 Å². The second kappa shape index (κ2) is 9.46. The molecule has 1 aromatic carbocycles. The van der Waals surface area contributed by atoms with E-state index in [4.69, 9.17) is 31.6 Å². The van der Waals surface area contributed by atoms with Gasteiger partial charge in [-0.05, 0) is 25.0 Å². The zero-order valence-corrected chi connectivity index (χ0v) is 13.9. The Labute approximate surface area is 144 Å². The SMILES string of the molecule is NCC(=CF)COc1ccc2nc(NCCC(Cl)CCO)oc2c1. The molecule has 1 atom stereocenters. The van der Waals surface area contributed by atoms with Crippen molar-refractivity contribution < 1.29 is 18.7 Å². The van der Waals surface area contributed by atoms with Gasteiger partial charge in [-0.2, -0.15) is 4.98 Å². The Morgan fingerprint density at radius 3 is 3.04 bits per heavy atom. The number of aliphatic hydroxyl groups is 1. The largest absolute Gasteiger partial charge is 0.489 e. The second-order valence-electron chi connectivity index (χ2n) is 5.23. The molecular weight excluding hydrogens is 337 g/mol. The molecule has 0 bridgehead atoms. The number of nitrogens with zero attached hydrogens (tertiary/aromatic N) is 1. The van der Waals surface area contributed by atoms with Crippen LogP contribution in [-0.4, -0.2) is 41.8 Å². The number of anilines is 1. The van der Waals surface area contributed by atoms with Gasteiger partial charge in [0.15, 0.2) is 5.58 Å². The molecule has 0 amide bonds. The maximum Gasteiger partial charge on any atom is 0.295 e. The lowest BCUT2D eigenvalue weighted by molar-refractivity contribution is 0.285. The summed E-state index contributed by atoms with van der Waals surface area (Å²) in [6, 6.07) is 5.57. The zero-order chi connectivity index (χ0) is 17.4. The molecule has 2 rings (SSSR count).